The second-order valence-electron chi connectivity index (χ2n) is 13.8. The molecule has 0 fully saturated rings. The first-order chi connectivity index (χ1) is 25.8. The minimum Gasteiger partial charge on any atom is -0.248 e. The summed E-state index contributed by atoms with van der Waals surface area (Å²) in [5, 5.41) is 1.35. The van der Waals surface area contributed by atoms with E-state index in [1.807, 2.05) is 11.3 Å². The minimum absolute atomic E-state index is 0.366. The van der Waals surface area contributed by atoms with Crippen molar-refractivity contribution in [1.29, 1.82) is 0 Å². The van der Waals surface area contributed by atoms with Crippen molar-refractivity contribution in [3.8, 4) is 66.3 Å². The number of fused-ring (bicyclic) bond motifs is 12. The Morgan fingerprint density at radius 2 is 0.865 bits per heavy atom. The van der Waals surface area contributed by atoms with Crippen LogP contribution in [0.15, 0.2) is 188 Å². The molecule has 0 unspecified atom stereocenters. The van der Waals surface area contributed by atoms with Crippen LogP contribution in [0, 0.1) is 0 Å². The molecule has 52 heavy (non-hydrogen) atoms. The molecule has 2 aliphatic rings. The Hall–Kier alpha value is -6.35. The van der Waals surface area contributed by atoms with Crippen molar-refractivity contribution in [3.05, 3.63) is 210 Å². The van der Waals surface area contributed by atoms with Crippen molar-refractivity contribution in [3.63, 3.8) is 0 Å². The van der Waals surface area contributed by atoms with E-state index in [1.54, 1.807) is 0 Å². The Bertz CT molecular complexity index is 2780. The van der Waals surface area contributed by atoms with Crippen molar-refractivity contribution in [2.45, 2.75) is 5.41 Å². The van der Waals surface area contributed by atoms with Crippen LogP contribution in [0.3, 0.4) is 0 Å². The van der Waals surface area contributed by atoms with Crippen LogP contribution < -0.4 is 0 Å². The molecular formula is C50H31NS. The topological polar surface area (TPSA) is 12.9 Å². The zero-order valence-corrected chi connectivity index (χ0v) is 29.1. The summed E-state index contributed by atoms with van der Waals surface area (Å²) in [7, 11) is 0. The summed E-state index contributed by atoms with van der Waals surface area (Å²) >= 11 is 1.93. The van der Waals surface area contributed by atoms with E-state index < -0.39 is 0 Å². The summed E-state index contributed by atoms with van der Waals surface area (Å²) < 4.78 is 1.33. The molecule has 2 heterocycles. The maximum Gasteiger partial charge on any atom is 0.0740 e. The van der Waals surface area contributed by atoms with Gasteiger partial charge in [0.15, 0.2) is 0 Å². The lowest BCUT2D eigenvalue weighted by Crippen LogP contribution is -2.25. The Kier molecular flexibility index (Phi) is 6.40. The Balaban J connectivity index is 1.13. The monoisotopic (exact) mass is 677 g/mol. The summed E-state index contributed by atoms with van der Waals surface area (Å²) in [5.74, 6) is 0. The predicted molar refractivity (Wildman–Crippen MR) is 218 cm³/mol. The molecule has 0 aliphatic heterocycles. The number of benzene rings is 7. The molecule has 11 rings (SSSR count). The van der Waals surface area contributed by atoms with E-state index in [4.69, 9.17) is 4.98 Å². The van der Waals surface area contributed by atoms with Crippen LogP contribution in [0.5, 0.6) is 0 Å². The molecule has 1 nitrogen and oxygen atoms in total. The van der Waals surface area contributed by atoms with Crippen molar-refractivity contribution in [2.75, 3.05) is 0 Å². The number of nitrogens with zero attached hydrogens (tertiary/aromatic N) is 1. The lowest BCUT2D eigenvalue weighted by Gasteiger charge is -2.30. The highest BCUT2D eigenvalue weighted by Gasteiger charge is 2.53. The van der Waals surface area contributed by atoms with Gasteiger partial charge in [-0.2, -0.15) is 0 Å². The Labute approximate surface area is 307 Å². The van der Waals surface area contributed by atoms with E-state index in [-0.39, 0.29) is 5.41 Å². The number of pyridine rings is 1. The van der Waals surface area contributed by atoms with E-state index in [0.29, 0.717) is 0 Å². The van der Waals surface area contributed by atoms with Crippen LogP contribution in [0.1, 0.15) is 22.3 Å². The summed E-state index contributed by atoms with van der Waals surface area (Å²) in [6.45, 7) is 0. The van der Waals surface area contributed by atoms with Crippen molar-refractivity contribution < 1.29 is 0 Å². The molecule has 2 heteroatoms. The van der Waals surface area contributed by atoms with Gasteiger partial charge in [0.05, 0.1) is 16.8 Å². The highest BCUT2D eigenvalue weighted by molar-refractivity contribution is 7.22. The molecule has 0 amide bonds. The highest BCUT2D eigenvalue weighted by atomic mass is 32.1. The van der Waals surface area contributed by atoms with Gasteiger partial charge in [0, 0.05) is 20.7 Å². The van der Waals surface area contributed by atoms with Gasteiger partial charge in [-0.05, 0) is 90.8 Å². The molecule has 9 aromatic rings. The fourth-order valence-corrected chi connectivity index (χ4v) is 10.1. The average Bonchev–Trinajstić information content (AvgIpc) is 3.85. The highest BCUT2D eigenvalue weighted by Crippen LogP contribution is 2.66. The summed E-state index contributed by atoms with van der Waals surface area (Å²) in [5.41, 5.74) is 18.1. The smallest absolute Gasteiger partial charge is 0.0740 e. The molecule has 0 bridgehead atoms. The molecule has 0 radical (unpaired) electrons. The van der Waals surface area contributed by atoms with Gasteiger partial charge in [0.1, 0.15) is 0 Å². The second kappa shape index (κ2) is 11.3. The molecule has 242 valence electrons. The quantitative estimate of drug-likeness (QED) is 0.181. The second-order valence-corrected chi connectivity index (χ2v) is 14.9. The van der Waals surface area contributed by atoms with E-state index in [0.717, 1.165) is 28.1 Å². The van der Waals surface area contributed by atoms with Gasteiger partial charge in [0.25, 0.3) is 0 Å². The van der Waals surface area contributed by atoms with Crippen LogP contribution >= 0.6 is 11.3 Å². The van der Waals surface area contributed by atoms with Gasteiger partial charge in [-0.1, -0.05) is 164 Å². The van der Waals surface area contributed by atoms with Crippen LogP contribution in [-0.2, 0) is 5.41 Å². The molecule has 1 spiro atoms. The van der Waals surface area contributed by atoms with Crippen molar-refractivity contribution in [2.24, 2.45) is 0 Å². The third-order valence-electron chi connectivity index (χ3n) is 11.1. The Morgan fingerprint density at radius 1 is 0.365 bits per heavy atom. The SMILES string of the molecule is c1ccc(-c2ccc(-c3cc(-c4ccc5c(c4)-c4sc6ccccc6c4C54c5ccccc5-c5ccccc54)cc(-c4ccccc4)n3)cc2)cc1. The molecule has 2 aliphatic carbocycles. The zero-order valence-electron chi connectivity index (χ0n) is 28.3. The van der Waals surface area contributed by atoms with Gasteiger partial charge >= 0.3 is 0 Å². The molecular weight excluding hydrogens is 647 g/mol. The molecule has 2 aromatic heterocycles. The third-order valence-corrected chi connectivity index (χ3v) is 12.3. The largest absolute Gasteiger partial charge is 0.248 e. The number of hydrogen-bond acceptors (Lipinski definition) is 2. The number of rotatable bonds is 4. The molecule has 0 N–H and O–H groups in total. The summed E-state index contributed by atoms with van der Waals surface area (Å²) in [4.78, 5) is 6.62. The molecule has 0 saturated carbocycles. The van der Waals surface area contributed by atoms with Gasteiger partial charge in [0.2, 0.25) is 0 Å². The number of aromatic nitrogens is 1. The van der Waals surface area contributed by atoms with Gasteiger partial charge in [-0.3, -0.25) is 0 Å². The van der Waals surface area contributed by atoms with Gasteiger partial charge in [-0.25, -0.2) is 4.98 Å². The maximum absolute atomic E-state index is 5.25. The number of hydrogen-bond donors (Lipinski definition) is 0. The third kappa shape index (κ3) is 4.19. The zero-order chi connectivity index (χ0) is 34.2. The van der Waals surface area contributed by atoms with Gasteiger partial charge in [-0.15, -0.1) is 11.3 Å². The number of thiophene rings is 1. The predicted octanol–water partition coefficient (Wildman–Crippen LogP) is 13.3. The Morgan fingerprint density at radius 3 is 1.56 bits per heavy atom. The minimum atomic E-state index is -0.366. The first-order valence-corrected chi connectivity index (χ1v) is 18.7. The van der Waals surface area contributed by atoms with E-state index >= 15 is 0 Å². The van der Waals surface area contributed by atoms with E-state index in [1.165, 1.54) is 70.6 Å². The fourth-order valence-electron chi connectivity index (χ4n) is 8.84. The summed E-state index contributed by atoms with van der Waals surface area (Å²) in [6.07, 6.45) is 0. The van der Waals surface area contributed by atoms with E-state index in [2.05, 4.69) is 188 Å². The van der Waals surface area contributed by atoms with Gasteiger partial charge < -0.3 is 0 Å². The lowest BCUT2D eigenvalue weighted by molar-refractivity contribution is 0.803. The molecule has 7 aromatic carbocycles. The van der Waals surface area contributed by atoms with Crippen LogP contribution in [0.25, 0.3) is 76.4 Å². The first kappa shape index (κ1) is 29.4. The molecule has 0 saturated heterocycles. The van der Waals surface area contributed by atoms with Crippen LogP contribution in [0.4, 0.5) is 0 Å². The average molecular weight is 678 g/mol. The van der Waals surface area contributed by atoms with Crippen LogP contribution in [-0.4, -0.2) is 4.98 Å². The van der Waals surface area contributed by atoms with E-state index in [9.17, 15) is 0 Å². The lowest BCUT2D eigenvalue weighted by atomic mass is 9.70. The fraction of sp³-hybridized carbons (Fsp3) is 0.0200. The normalized spacial score (nSPS) is 13.2. The molecule has 0 atom stereocenters. The van der Waals surface area contributed by atoms with Crippen molar-refractivity contribution in [1.82, 2.24) is 4.98 Å². The first-order valence-electron chi connectivity index (χ1n) is 17.9. The van der Waals surface area contributed by atoms with Crippen molar-refractivity contribution >= 4 is 21.4 Å². The summed E-state index contributed by atoms with van der Waals surface area (Å²) in [6, 6.07) is 68.7. The standard InChI is InChI=1S/C50H31NS/c1-3-13-32(14-4-1)33-23-25-35(26-24-33)46-31-37(30-45(51-46)34-15-5-2-6-16-34)36-27-28-44-41(29-36)49-48(40-19-9-12-22-47(40)52-49)50(44)42-20-10-7-17-38(42)39-18-8-11-21-43(39)50/h1-31H. The maximum atomic E-state index is 5.25. The van der Waals surface area contributed by atoms with Crippen LogP contribution in [0.2, 0.25) is 0 Å².